The first-order valence-corrected chi connectivity index (χ1v) is 9.33. The summed E-state index contributed by atoms with van der Waals surface area (Å²) in [4.78, 5) is 4.49. The summed E-state index contributed by atoms with van der Waals surface area (Å²) in [5, 5.41) is 2.84. The van der Waals surface area contributed by atoms with Crippen LogP contribution in [-0.4, -0.2) is 93.7 Å². The molecule has 0 aromatic carbocycles. The Morgan fingerprint density at radius 1 is 1.10 bits per heavy atom. The molecule has 7 heteroatoms. The molecule has 1 unspecified atom stereocenters. The highest BCUT2D eigenvalue weighted by molar-refractivity contribution is 7.89. The van der Waals surface area contributed by atoms with Gasteiger partial charge in [-0.15, -0.1) is 0 Å². The Kier molecular flexibility index (Phi) is 7.56. The van der Waals surface area contributed by atoms with Crippen molar-refractivity contribution in [2.24, 2.45) is 0 Å². The van der Waals surface area contributed by atoms with E-state index in [0.29, 0.717) is 25.7 Å². The Hall–Kier alpha value is -0.210. The summed E-state index contributed by atoms with van der Waals surface area (Å²) in [6, 6.07) is 0.311. The molecule has 1 heterocycles. The van der Waals surface area contributed by atoms with Crippen LogP contribution < -0.4 is 5.32 Å². The maximum absolute atomic E-state index is 12.5. The number of piperazine rings is 1. The van der Waals surface area contributed by atoms with E-state index >= 15 is 0 Å². The largest absolute Gasteiger partial charge is 0.313 e. The third kappa shape index (κ3) is 6.20. The summed E-state index contributed by atoms with van der Waals surface area (Å²) in [7, 11) is 0.941. The van der Waals surface area contributed by atoms with Crippen LogP contribution in [0.25, 0.3) is 0 Å². The molecular formula is C14H32N4O2S. The molecule has 0 aliphatic carbocycles. The third-order valence-corrected chi connectivity index (χ3v) is 6.15. The molecule has 0 amide bonds. The van der Waals surface area contributed by atoms with Crippen molar-refractivity contribution < 1.29 is 8.42 Å². The summed E-state index contributed by atoms with van der Waals surface area (Å²) < 4.78 is 26.7. The first-order valence-electron chi connectivity index (χ1n) is 7.83. The monoisotopic (exact) mass is 320 g/mol. The molecule has 1 rings (SSSR count). The van der Waals surface area contributed by atoms with E-state index in [2.05, 4.69) is 29.2 Å². The van der Waals surface area contributed by atoms with E-state index in [1.54, 1.807) is 11.2 Å². The van der Waals surface area contributed by atoms with Gasteiger partial charge in [0.2, 0.25) is 10.0 Å². The van der Waals surface area contributed by atoms with Crippen molar-refractivity contribution in [2.45, 2.75) is 32.1 Å². The van der Waals surface area contributed by atoms with Gasteiger partial charge in [0.15, 0.2) is 0 Å². The van der Waals surface area contributed by atoms with Gasteiger partial charge < -0.3 is 10.2 Å². The lowest BCUT2D eigenvalue weighted by Gasteiger charge is -2.35. The molecule has 0 saturated carbocycles. The Labute approximate surface area is 130 Å². The number of rotatable bonds is 8. The zero-order chi connectivity index (χ0) is 16.0. The minimum Gasteiger partial charge on any atom is -0.313 e. The molecule has 1 aliphatic rings. The lowest BCUT2D eigenvalue weighted by molar-refractivity contribution is 0.174. The number of hydrogen-bond donors (Lipinski definition) is 1. The van der Waals surface area contributed by atoms with E-state index in [1.165, 1.54) is 0 Å². The standard InChI is InChI=1S/C14H32N4O2S/c1-13(2)15-12-14(3)21(19,20)18-10-8-17(9-11-18)7-6-16(4)5/h13-15H,6-12H2,1-5H3. The predicted octanol–water partition coefficient (Wildman–Crippen LogP) is -0.118. The number of nitrogens with one attached hydrogen (secondary N) is 1. The van der Waals surface area contributed by atoms with Crippen molar-refractivity contribution in [3.05, 3.63) is 0 Å². The fraction of sp³-hybridized carbons (Fsp3) is 1.00. The number of nitrogens with zero attached hydrogens (tertiary/aromatic N) is 3. The van der Waals surface area contributed by atoms with E-state index in [-0.39, 0.29) is 5.25 Å². The number of likely N-dealkylation sites (N-methyl/N-ethyl adjacent to an activating group) is 1. The van der Waals surface area contributed by atoms with Gasteiger partial charge in [-0.25, -0.2) is 8.42 Å². The van der Waals surface area contributed by atoms with Crippen LogP contribution in [0.15, 0.2) is 0 Å². The first kappa shape index (κ1) is 18.8. The van der Waals surface area contributed by atoms with Gasteiger partial charge in [-0.05, 0) is 21.0 Å². The first-order chi connectivity index (χ1) is 9.73. The third-order valence-electron chi connectivity index (χ3n) is 3.88. The van der Waals surface area contributed by atoms with E-state index in [4.69, 9.17) is 0 Å². The van der Waals surface area contributed by atoms with E-state index in [0.717, 1.165) is 26.2 Å². The Morgan fingerprint density at radius 2 is 1.67 bits per heavy atom. The molecule has 0 aromatic heterocycles. The predicted molar refractivity (Wildman–Crippen MR) is 88.1 cm³/mol. The van der Waals surface area contributed by atoms with Gasteiger partial charge in [0.25, 0.3) is 0 Å². The van der Waals surface area contributed by atoms with Crippen molar-refractivity contribution in [3.8, 4) is 0 Å². The normalized spacial score (nSPS) is 20.3. The molecular weight excluding hydrogens is 288 g/mol. The highest BCUT2D eigenvalue weighted by atomic mass is 32.2. The van der Waals surface area contributed by atoms with Gasteiger partial charge in [-0.3, -0.25) is 4.90 Å². The van der Waals surface area contributed by atoms with Crippen LogP contribution in [0.2, 0.25) is 0 Å². The van der Waals surface area contributed by atoms with Crippen LogP contribution in [0.1, 0.15) is 20.8 Å². The SMILES string of the molecule is CC(C)NCC(C)S(=O)(=O)N1CCN(CCN(C)C)CC1. The fourth-order valence-corrected chi connectivity index (χ4v) is 3.80. The van der Waals surface area contributed by atoms with Crippen LogP contribution in [-0.2, 0) is 10.0 Å². The summed E-state index contributed by atoms with van der Waals surface area (Å²) in [5.41, 5.74) is 0. The van der Waals surface area contributed by atoms with Gasteiger partial charge in [-0.1, -0.05) is 13.8 Å². The van der Waals surface area contributed by atoms with Crippen LogP contribution in [0.4, 0.5) is 0 Å². The topological polar surface area (TPSA) is 55.9 Å². The van der Waals surface area contributed by atoms with Gasteiger partial charge in [0.1, 0.15) is 0 Å². The molecule has 1 aliphatic heterocycles. The minimum atomic E-state index is -3.18. The summed E-state index contributed by atoms with van der Waals surface area (Å²) in [6.07, 6.45) is 0. The molecule has 1 fully saturated rings. The molecule has 6 nitrogen and oxygen atoms in total. The van der Waals surface area contributed by atoms with E-state index < -0.39 is 10.0 Å². The molecule has 0 radical (unpaired) electrons. The molecule has 1 atom stereocenters. The summed E-state index contributed by atoms with van der Waals surface area (Å²) in [5.74, 6) is 0. The molecule has 0 bridgehead atoms. The zero-order valence-corrected chi connectivity index (χ0v) is 15.0. The van der Waals surface area contributed by atoms with Crippen molar-refractivity contribution >= 4 is 10.0 Å². The number of sulfonamides is 1. The second kappa shape index (κ2) is 8.43. The lowest BCUT2D eigenvalue weighted by Crippen LogP contribution is -2.53. The number of hydrogen-bond acceptors (Lipinski definition) is 5. The van der Waals surface area contributed by atoms with Crippen molar-refractivity contribution in [1.29, 1.82) is 0 Å². The van der Waals surface area contributed by atoms with E-state index in [1.807, 2.05) is 13.8 Å². The molecule has 0 spiro atoms. The quantitative estimate of drug-likeness (QED) is 0.676. The second-order valence-corrected chi connectivity index (χ2v) is 8.81. The summed E-state index contributed by atoms with van der Waals surface area (Å²) in [6.45, 7) is 11.3. The van der Waals surface area contributed by atoms with Crippen molar-refractivity contribution in [3.63, 3.8) is 0 Å². The smallest absolute Gasteiger partial charge is 0.218 e. The Balaban J connectivity index is 2.44. The molecule has 126 valence electrons. The van der Waals surface area contributed by atoms with Crippen LogP contribution in [0.3, 0.4) is 0 Å². The second-order valence-electron chi connectivity index (χ2n) is 6.46. The highest BCUT2D eigenvalue weighted by Crippen LogP contribution is 2.12. The van der Waals surface area contributed by atoms with Crippen LogP contribution >= 0.6 is 0 Å². The van der Waals surface area contributed by atoms with Gasteiger partial charge in [0.05, 0.1) is 5.25 Å². The molecule has 1 N–H and O–H groups in total. The minimum absolute atomic E-state index is 0.311. The fourth-order valence-electron chi connectivity index (χ4n) is 2.31. The maximum Gasteiger partial charge on any atom is 0.218 e. The Morgan fingerprint density at radius 3 is 2.14 bits per heavy atom. The van der Waals surface area contributed by atoms with Gasteiger partial charge in [0, 0.05) is 51.9 Å². The van der Waals surface area contributed by atoms with Gasteiger partial charge >= 0.3 is 0 Å². The maximum atomic E-state index is 12.5. The zero-order valence-electron chi connectivity index (χ0n) is 14.2. The average Bonchev–Trinajstić information content (AvgIpc) is 2.42. The average molecular weight is 321 g/mol. The highest BCUT2D eigenvalue weighted by Gasteiger charge is 2.31. The van der Waals surface area contributed by atoms with Crippen molar-refractivity contribution in [1.82, 2.24) is 19.4 Å². The Bertz CT molecular complexity index is 390. The van der Waals surface area contributed by atoms with E-state index in [9.17, 15) is 8.42 Å². The summed E-state index contributed by atoms with van der Waals surface area (Å²) >= 11 is 0. The van der Waals surface area contributed by atoms with Crippen LogP contribution in [0.5, 0.6) is 0 Å². The van der Waals surface area contributed by atoms with Crippen LogP contribution in [0, 0.1) is 0 Å². The molecule has 0 aromatic rings. The lowest BCUT2D eigenvalue weighted by atomic mass is 10.3. The van der Waals surface area contributed by atoms with Crippen molar-refractivity contribution in [2.75, 3.05) is 59.9 Å². The molecule has 1 saturated heterocycles. The molecule has 21 heavy (non-hydrogen) atoms. The van der Waals surface area contributed by atoms with Gasteiger partial charge in [-0.2, -0.15) is 4.31 Å².